The van der Waals surface area contributed by atoms with Gasteiger partial charge in [-0.2, -0.15) is 10.4 Å². The topological polar surface area (TPSA) is 70.7 Å². The molecule has 1 aromatic heterocycles. The first kappa shape index (κ1) is 10.7. The zero-order chi connectivity index (χ0) is 11.4. The number of hydrogen-bond donors (Lipinski definition) is 1. The van der Waals surface area contributed by atoms with Gasteiger partial charge in [0.15, 0.2) is 0 Å². The Kier molecular flexibility index (Phi) is 2.91. The van der Waals surface area contributed by atoms with Gasteiger partial charge in [0.2, 0.25) is 5.91 Å². The second kappa shape index (κ2) is 4.35. The predicted molar refractivity (Wildman–Crippen MR) is 57.1 cm³/mol. The van der Waals surface area contributed by atoms with E-state index >= 15 is 0 Å². The lowest BCUT2D eigenvalue weighted by Crippen LogP contribution is -2.45. The molecule has 0 aliphatic heterocycles. The molecule has 1 saturated carbocycles. The van der Waals surface area contributed by atoms with Crippen LogP contribution in [-0.2, 0) is 11.3 Å². The van der Waals surface area contributed by atoms with E-state index in [1.165, 1.54) is 0 Å². The van der Waals surface area contributed by atoms with Crippen LogP contribution in [0.25, 0.3) is 0 Å². The Morgan fingerprint density at radius 2 is 2.44 bits per heavy atom. The van der Waals surface area contributed by atoms with E-state index in [1.807, 2.05) is 12.3 Å². The van der Waals surface area contributed by atoms with Gasteiger partial charge in [-0.25, -0.2) is 0 Å². The number of aromatic nitrogens is 2. The largest absolute Gasteiger partial charge is 0.353 e. The molecule has 5 nitrogen and oxygen atoms in total. The van der Waals surface area contributed by atoms with E-state index in [-0.39, 0.29) is 5.91 Å². The molecule has 16 heavy (non-hydrogen) atoms. The molecule has 1 aliphatic carbocycles. The smallest absolute Gasteiger partial charge is 0.240 e. The number of rotatable bonds is 4. The summed E-state index contributed by atoms with van der Waals surface area (Å²) in [6.45, 7) is 1.16. The van der Waals surface area contributed by atoms with Crippen LogP contribution >= 0.6 is 0 Å². The molecule has 1 N–H and O–H groups in total. The number of nitrogens with zero attached hydrogens (tertiary/aromatic N) is 3. The molecule has 0 radical (unpaired) electrons. The normalized spacial score (nSPS) is 17.2. The summed E-state index contributed by atoms with van der Waals surface area (Å²) in [5.74, 6) is -0.131. The van der Waals surface area contributed by atoms with Crippen LogP contribution in [0.4, 0.5) is 0 Å². The summed E-state index contributed by atoms with van der Waals surface area (Å²) in [5, 5.41) is 15.8. The van der Waals surface area contributed by atoms with Gasteiger partial charge in [-0.3, -0.25) is 9.48 Å². The van der Waals surface area contributed by atoms with E-state index in [2.05, 4.69) is 16.5 Å². The van der Waals surface area contributed by atoms with Crippen molar-refractivity contribution >= 4 is 5.91 Å². The second-order valence-corrected chi connectivity index (χ2v) is 4.07. The van der Waals surface area contributed by atoms with Crippen molar-refractivity contribution in [1.29, 1.82) is 5.26 Å². The van der Waals surface area contributed by atoms with Gasteiger partial charge in [-0.05, 0) is 25.3 Å². The minimum atomic E-state index is -0.746. The Labute approximate surface area is 94.1 Å². The molecule has 2 rings (SSSR count). The highest BCUT2D eigenvalue weighted by atomic mass is 16.2. The number of carbonyl (C=O) groups excluding carboxylic acids is 1. The highest BCUT2D eigenvalue weighted by Gasteiger charge is 2.44. The van der Waals surface area contributed by atoms with Gasteiger partial charge < -0.3 is 5.32 Å². The van der Waals surface area contributed by atoms with Crippen LogP contribution in [0.2, 0.25) is 0 Å². The van der Waals surface area contributed by atoms with Crippen molar-refractivity contribution in [3.63, 3.8) is 0 Å². The summed E-state index contributed by atoms with van der Waals surface area (Å²) in [4.78, 5) is 11.7. The Morgan fingerprint density at radius 3 is 2.94 bits per heavy atom. The summed E-state index contributed by atoms with van der Waals surface area (Å²) in [6, 6.07) is 3.96. The molecule has 84 valence electrons. The van der Waals surface area contributed by atoms with Gasteiger partial charge in [0, 0.05) is 18.9 Å². The van der Waals surface area contributed by atoms with Gasteiger partial charge in [-0.15, -0.1) is 0 Å². The van der Waals surface area contributed by atoms with Crippen LogP contribution in [0.15, 0.2) is 18.5 Å². The van der Waals surface area contributed by atoms with E-state index in [4.69, 9.17) is 5.26 Å². The van der Waals surface area contributed by atoms with E-state index in [1.54, 1.807) is 10.9 Å². The Hall–Kier alpha value is -1.83. The molecular weight excluding hydrogens is 204 g/mol. The lowest BCUT2D eigenvalue weighted by atomic mass is 9.69. The first-order valence-corrected chi connectivity index (χ1v) is 5.44. The van der Waals surface area contributed by atoms with E-state index < -0.39 is 5.41 Å². The van der Waals surface area contributed by atoms with Crippen LogP contribution in [0.5, 0.6) is 0 Å². The van der Waals surface area contributed by atoms with Crippen LogP contribution in [0, 0.1) is 16.7 Å². The van der Waals surface area contributed by atoms with Crippen molar-refractivity contribution in [2.24, 2.45) is 5.41 Å². The number of nitrogens with one attached hydrogen (secondary N) is 1. The van der Waals surface area contributed by atoms with Gasteiger partial charge in [0.05, 0.1) is 12.6 Å². The average Bonchev–Trinajstić information content (AvgIpc) is 2.70. The number of amides is 1. The molecule has 1 aliphatic rings. The van der Waals surface area contributed by atoms with Crippen molar-refractivity contribution in [3.05, 3.63) is 18.5 Å². The fourth-order valence-corrected chi connectivity index (χ4v) is 1.81. The molecule has 0 atom stereocenters. The maximum Gasteiger partial charge on any atom is 0.240 e. The SMILES string of the molecule is N#CC1(C(=O)NCCn2cccn2)CCC1. The summed E-state index contributed by atoms with van der Waals surface area (Å²) in [6.07, 6.45) is 5.90. The van der Waals surface area contributed by atoms with Gasteiger partial charge >= 0.3 is 0 Å². The molecule has 1 fully saturated rings. The fourth-order valence-electron chi connectivity index (χ4n) is 1.81. The van der Waals surface area contributed by atoms with E-state index in [9.17, 15) is 4.79 Å². The second-order valence-electron chi connectivity index (χ2n) is 4.07. The van der Waals surface area contributed by atoms with Gasteiger partial charge in [0.25, 0.3) is 0 Å². The highest BCUT2D eigenvalue weighted by molar-refractivity contribution is 5.86. The lowest BCUT2D eigenvalue weighted by Gasteiger charge is -2.33. The molecule has 0 unspecified atom stereocenters. The van der Waals surface area contributed by atoms with Crippen molar-refractivity contribution < 1.29 is 4.79 Å². The van der Waals surface area contributed by atoms with Crippen molar-refractivity contribution in [1.82, 2.24) is 15.1 Å². The Bertz CT molecular complexity index is 400. The first-order chi connectivity index (χ1) is 7.77. The standard InChI is InChI=1S/C11H14N4O/c12-9-11(3-1-4-11)10(16)13-6-8-15-7-2-5-14-15/h2,5,7H,1,3-4,6,8H2,(H,13,16). The number of nitriles is 1. The van der Waals surface area contributed by atoms with Crippen LogP contribution in [-0.4, -0.2) is 22.2 Å². The number of carbonyl (C=O) groups is 1. The monoisotopic (exact) mass is 218 g/mol. The third-order valence-electron chi connectivity index (χ3n) is 3.04. The Balaban J connectivity index is 1.78. The molecule has 5 heteroatoms. The van der Waals surface area contributed by atoms with Gasteiger partial charge in [-0.1, -0.05) is 0 Å². The quantitative estimate of drug-likeness (QED) is 0.808. The van der Waals surface area contributed by atoms with E-state index in [0.717, 1.165) is 6.42 Å². The fraction of sp³-hybridized carbons (Fsp3) is 0.545. The molecule has 1 amide bonds. The third-order valence-corrected chi connectivity index (χ3v) is 3.04. The molecule has 0 spiro atoms. The predicted octanol–water partition coefficient (Wildman–Crippen LogP) is 0.693. The Morgan fingerprint density at radius 1 is 1.62 bits per heavy atom. The summed E-state index contributed by atoms with van der Waals surface area (Å²) < 4.78 is 1.75. The molecular formula is C11H14N4O. The third kappa shape index (κ3) is 1.91. The zero-order valence-corrected chi connectivity index (χ0v) is 9.02. The molecule has 1 heterocycles. The maximum absolute atomic E-state index is 11.7. The number of hydrogen-bond acceptors (Lipinski definition) is 3. The minimum absolute atomic E-state index is 0.131. The molecule has 1 aromatic rings. The highest BCUT2D eigenvalue weighted by Crippen LogP contribution is 2.40. The average molecular weight is 218 g/mol. The summed E-state index contributed by atoms with van der Waals surface area (Å²) in [7, 11) is 0. The maximum atomic E-state index is 11.7. The minimum Gasteiger partial charge on any atom is -0.353 e. The zero-order valence-electron chi connectivity index (χ0n) is 9.02. The van der Waals surface area contributed by atoms with Crippen molar-refractivity contribution in [2.75, 3.05) is 6.54 Å². The molecule has 0 bridgehead atoms. The van der Waals surface area contributed by atoms with Crippen molar-refractivity contribution in [2.45, 2.75) is 25.8 Å². The summed E-state index contributed by atoms with van der Waals surface area (Å²) in [5.41, 5.74) is -0.746. The van der Waals surface area contributed by atoms with Gasteiger partial charge in [0.1, 0.15) is 5.41 Å². The molecule has 0 saturated heterocycles. The summed E-state index contributed by atoms with van der Waals surface area (Å²) >= 11 is 0. The van der Waals surface area contributed by atoms with Crippen molar-refractivity contribution in [3.8, 4) is 6.07 Å². The lowest BCUT2D eigenvalue weighted by molar-refractivity contribution is -0.131. The molecule has 0 aromatic carbocycles. The van der Waals surface area contributed by atoms with Crippen LogP contribution in [0.1, 0.15) is 19.3 Å². The van der Waals surface area contributed by atoms with E-state index in [0.29, 0.717) is 25.9 Å². The van der Waals surface area contributed by atoms with Crippen LogP contribution in [0.3, 0.4) is 0 Å². The first-order valence-electron chi connectivity index (χ1n) is 5.44. The van der Waals surface area contributed by atoms with Crippen LogP contribution < -0.4 is 5.32 Å².